The highest BCUT2D eigenvalue weighted by Gasteiger charge is 2.22. The van der Waals surface area contributed by atoms with Gasteiger partial charge in [-0.15, -0.1) is 11.3 Å². The van der Waals surface area contributed by atoms with Crippen molar-refractivity contribution in [2.24, 2.45) is 4.99 Å². The molecule has 8 heteroatoms. The number of carbonyl (C=O) groups excluding carboxylic acids is 1. The van der Waals surface area contributed by atoms with Gasteiger partial charge in [0.15, 0.2) is 4.80 Å². The van der Waals surface area contributed by atoms with Crippen LogP contribution in [0.5, 0.6) is 5.75 Å². The van der Waals surface area contributed by atoms with E-state index in [1.807, 2.05) is 10.8 Å². The lowest BCUT2D eigenvalue weighted by Crippen LogP contribution is -2.34. The summed E-state index contributed by atoms with van der Waals surface area (Å²) in [6.45, 7) is 8.70. The zero-order valence-electron chi connectivity index (χ0n) is 16.5. The standard InChI is InChI=1S/C20H25ClN2O4S/c1-20(2,3)17-11-23(10-14-12-26-7-8-27-14)19(28-17)22-18(24)15-9-13(21)5-6-16(15)25-4/h5-6,9,11,14H,7-8,10,12H2,1-4H3. The first-order valence-electron chi connectivity index (χ1n) is 9.10. The van der Waals surface area contributed by atoms with Gasteiger partial charge in [0, 0.05) is 16.1 Å². The Bertz CT molecular complexity index is 908. The minimum absolute atomic E-state index is 0.0547. The molecule has 1 fully saturated rings. The van der Waals surface area contributed by atoms with Crippen LogP contribution < -0.4 is 9.54 Å². The number of carbonyl (C=O) groups is 1. The molecule has 1 saturated heterocycles. The van der Waals surface area contributed by atoms with Crippen molar-refractivity contribution in [1.82, 2.24) is 4.57 Å². The zero-order chi connectivity index (χ0) is 20.3. The van der Waals surface area contributed by atoms with E-state index in [0.29, 0.717) is 47.5 Å². The van der Waals surface area contributed by atoms with Gasteiger partial charge in [-0.25, -0.2) is 0 Å². The molecule has 1 aromatic carbocycles. The van der Waals surface area contributed by atoms with Crippen LogP contribution in [0, 0.1) is 0 Å². The van der Waals surface area contributed by atoms with Gasteiger partial charge in [0.2, 0.25) is 0 Å². The molecule has 1 aromatic heterocycles. The Labute approximate surface area is 173 Å². The number of hydrogen-bond donors (Lipinski definition) is 0. The highest BCUT2D eigenvalue weighted by molar-refractivity contribution is 7.09. The van der Waals surface area contributed by atoms with E-state index < -0.39 is 5.91 Å². The van der Waals surface area contributed by atoms with Gasteiger partial charge in [-0.1, -0.05) is 32.4 Å². The van der Waals surface area contributed by atoms with E-state index >= 15 is 0 Å². The van der Waals surface area contributed by atoms with Crippen LogP contribution in [0.4, 0.5) is 0 Å². The number of thiazole rings is 1. The predicted octanol–water partition coefficient (Wildman–Crippen LogP) is 3.67. The third-order valence-electron chi connectivity index (χ3n) is 4.33. The maximum Gasteiger partial charge on any atom is 0.283 e. The van der Waals surface area contributed by atoms with Crippen LogP contribution in [0.3, 0.4) is 0 Å². The van der Waals surface area contributed by atoms with Gasteiger partial charge in [-0.2, -0.15) is 4.99 Å². The summed E-state index contributed by atoms with van der Waals surface area (Å²) in [5.41, 5.74) is 0.283. The van der Waals surface area contributed by atoms with Crippen molar-refractivity contribution in [3.63, 3.8) is 0 Å². The fourth-order valence-electron chi connectivity index (χ4n) is 2.80. The summed E-state index contributed by atoms with van der Waals surface area (Å²) in [6.07, 6.45) is 1.98. The van der Waals surface area contributed by atoms with Crippen molar-refractivity contribution < 1.29 is 19.0 Å². The topological polar surface area (TPSA) is 62.0 Å². The second-order valence-electron chi connectivity index (χ2n) is 7.61. The van der Waals surface area contributed by atoms with Crippen LogP contribution in [-0.4, -0.2) is 43.5 Å². The van der Waals surface area contributed by atoms with E-state index in [9.17, 15) is 4.79 Å². The van der Waals surface area contributed by atoms with Crippen LogP contribution in [0.1, 0.15) is 36.0 Å². The third kappa shape index (κ3) is 5.03. The molecule has 1 unspecified atom stereocenters. The summed E-state index contributed by atoms with van der Waals surface area (Å²) >= 11 is 7.56. The summed E-state index contributed by atoms with van der Waals surface area (Å²) in [5.74, 6) is 0.0533. The van der Waals surface area contributed by atoms with Crippen LogP contribution in [0.25, 0.3) is 0 Å². The second-order valence-corrected chi connectivity index (χ2v) is 9.06. The van der Waals surface area contributed by atoms with Crippen molar-refractivity contribution in [1.29, 1.82) is 0 Å². The average molecular weight is 425 g/mol. The summed E-state index contributed by atoms with van der Waals surface area (Å²) < 4.78 is 18.5. The number of methoxy groups -OCH3 is 1. The number of nitrogens with zero attached hydrogens (tertiary/aromatic N) is 2. The molecule has 0 N–H and O–H groups in total. The van der Waals surface area contributed by atoms with Gasteiger partial charge < -0.3 is 18.8 Å². The molecule has 6 nitrogen and oxygen atoms in total. The Hall–Kier alpha value is -1.67. The Kier molecular flexibility index (Phi) is 6.60. The number of halogens is 1. The highest BCUT2D eigenvalue weighted by Crippen LogP contribution is 2.26. The largest absolute Gasteiger partial charge is 0.496 e. The smallest absolute Gasteiger partial charge is 0.283 e. The number of amides is 1. The lowest BCUT2D eigenvalue weighted by molar-refractivity contribution is -0.0938. The molecule has 0 radical (unpaired) electrons. The molecule has 1 aliphatic rings. The van der Waals surface area contributed by atoms with Crippen molar-refractivity contribution in [2.45, 2.75) is 38.8 Å². The van der Waals surface area contributed by atoms with Gasteiger partial charge in [0.1, 0.15) is 5.75 Å². The second kappa shape index (κ2) is 8.78. The molecule has 1 amide bonds. The monoisotopic (exact) mass is 424 g/mol. The van der Waals surface area contributed by atoms with Crippen LogP contribution >= 0.6 is 22.9 Å². The Morgan fingerprint density at radius 3 is 2.82 bits per heavy atom. The first kappa shape index (κ1) is 21.0. The maximum atomic E-state index is 12.9. The van der Waals surface area contributed by atoms with Crippen LogP contribution in [-0.2, 0) is 21.4 Å². The first-order chi connectivity index (χ1) is 13.3. The fourth-order valence-corrected chi connectivity index (χ4v) is 4.03. The molecule has 152 valence electrons. The molecule has 2 aromatic rings. The summed E-state index contributed by atoms with van der Waals surface area (Å²) in [7, 11) is 1.52. The molecular weight excluding hydrogens is 400 g/mol. The molecule has 0 bridgehead atoms. The SMILES string of the molecule is COc1ccc(Cl)cc1C(=O)N=c1sc(C(C)(C)C)cn1CC1COCCO1. The molecule has 3 rings (SSSR count). The highest BCUT2D eigenvalue weighted by atomic mass is 35.5. The number of ether oxygens (including phenoxy) is 3. The third-order valence-corrected chi connectivity index (χ3v) is 6.01. The Morgan fingerprint density at radius 2 is 2.18 bits per heavy atom. The summed E-state index contributed by atoms with van der Waals surface area (Å²) in [6, 6.07) is 4.93. The summed E-state index contributed by atoms with van der Waals surface area (Å²) in [4.78, 5) is 19.0. The predicted molar refractivity (Wildman–Crippen MR) is 109 cm³/mol. The van der Waals surface area contributed by atoms with E-state index in [-0.39, 0.29) is 11.5 Å². The number of rotatable bonds is 4. The van der Waals surface area contributed by atoms with Gasteiger partial charge in [-0.3, -0.25) is 4.79 Å². The maximum absolute atomic E-state index is 12.9. The molecular formula is C20H25ClN2O4S. The fraction of sp³-hybridized carbons (Fsp3) is 0.500. The van der Waals surface area contributed by atoms with Crippen molar-refractivity contribution >= 4 is 28.8 Å². The van der Waals surface area contributed by atoms with Gasteiger partial charge in [0.25, 0.3) is 5.91 Å². The molecule has 1 atom stereocenters. The Morgan fingerprint density at radius 1 is 1.39 bits per heavy atom. The molecule has 0 saturated carbocycles. The van der Waals surface area contributed by atoms with E-state index in [4.69, 9.17) is 25.8 Å². The quantitative estimate of drug-likeness (QED) is 0.751. The molecule has 0 aliphatic carbocycles. The molecule has 1 aliphatic heterocycles. The summed E-state index contributed by atoms with van der Waals surface area (Å²) in [5, 5.41) is 0.460. The van der Waals surface area contributed by atoms with Crippen LogP contribution in [0.15, 0.2) is 29.4 Å². The first-order valence-corrected chi connectivity index (χ1v) is 10.3. The average Bonchev–Trinajstić information content (AvgIpc) is 3.05. The van der Waals surface area contributed by atoms with Crippen LogP contribution in [0.2, 0.25) is 5.02 Å². The molecule has 28 heavy (non-hydrogen) atoms. The van der Waals surface area contributed by atoms with E-state index in [2.05, 4.69) is 25.8 Å². The van der Waals surface area contributed by atoms with Crippen molar-refractivity contribution in [3.8, 4) is 5.75 Å². The van der Waals surface area contributed by atoms with Gasteiger partial charge >= 0.3 is 0 Å². The van der Waals surface area contributed by atoms with Gasteiger partial charge in [-0.05, 0) is 23.6 Å². The van der Waals surface area contributed by atoms with E-state index in [1.165, 1.54) is 18.4 Å². The molecule has 2 heterocycles. The van der Waals surface area contributed by atoms with Crippen molar-refractivity contribution in [3.05, 3.63) is 44.7 Å². The Balaban J connectivity index is 2.00. The minimum Gasteiger partial charge on any atom is -0.496 e. The normalized spacial score (nSPS) is 18.3. The molecule has 0 spiro atoms. The number of aromatic nitrogens is 1. The lowest BCUT2D eigenvalue weighted by atomic mass is 9.95. The zero-order valence-corrected chi connectivity index (χ0v) is 18.1. The van der Waals surface area contributed by atoms with E-state index in [1.54, 1.807) is 18.2 Å². The van der Waals surface area contributed by atoms with E-state index in [0.717, 1.165) is 4.88 Å². The van der Waals surface area contributed by atoms with Gasteiger partial charge in [0.05, 0.1) is 45.1 Å². The van der Waals surface area contributed by atoms with Crippen molar-refractivity contribution in [2.75, 3.05) is 26.9 Å². The number of benzene rings is 1. The minimum atomic E-state index is -0.392. The number of hydrogen-bond acceptors (Lipinski definition) is 5. The lowest BCUT2D eigenvalue weighted by Gasteiger charge is -2.23.